The molecule has 98 valence electrons. The van der Waals surface area contributed by atoms with E-state index in [4.69, 9.17) is 19.9 Å². The molecule has 8 nitrogen and oxygen atoms in total. The molecule has 0 saturated carbocycles. The van der Waals surface area contributed by atoms with Crippen LogP contribution in [0.25, 0.3) is 11.2 Å². The highest BCUT2D eigenvalue weighted by Crippen LogP contribution is 2.20. The number of nitrogens with one attached hydrogen (secondary N) is 1. The van der Waals surface area contributed by atoms with Crippen molar-refractivity contribution in [3.63, 3.8) is 0 Å². The van der Waals surface area contributed by atoms with Gasteiger partial charge in [0, 0.05) is 6.61 Å². The summed E-state index contributed by atoms with van der Waals surface area (Å²) >= 11 is 0. The highest BCUT2D eigenvalue weighted by molar-refractivity contribution is 5.82. The highest BCUT2D eigenvalue weighted by atomic mass is 16.5. The van der Waals surface area contributed by atoms with Crippen LogP contribution in [0.2, 0.25) is 0 Å². The lowest BCUT2D eigenvalue weighted by atomic mass is 10.5. The van der Waals surface area contributed by atoms with Crippen LogP contribution < -0.4 is 15.2 Å². The molecule has 18 heavy (non-hydrogen) atoms. The van der Waals surface area contributed by atoms with Gasteiger partial charge in [0.2, 0.25) is 0 Å². The normalized spacial score (nSPS) is 10.8. The van der Waals surface area contributed by atoms with E-state index in [1.54, 1.807) is 0 Å². The minimum absolute atomic E-state index is 0.186. The Labute approximate surface area is 103 Å². The van der Waals surface area contributed by atoms with E-state index in [0.29, 0.717) is 37.0 Å². The van der Waals surface area contributed by atoms with E-state index < -0.39 is 0 Å². The zero-order chi connectivity index (χ0) is 13.0. The Kier molecular flexibility index (Phi) is 3.78. The molecule has 2 aromatic rings. The number of nitrogen functional groups attached to an aromatic ring is 1. The van der Waals surface area contributed by atoms with Gasteiger partial charge in [-0.1, -0.05) is 0 Å². The van der Waals surface area contributed by atoms with Crippen LogP contribution in [-0.2, 0) is 4.74 Å². The lowest BCUT2D eigenvalue weighted by molar-refractivity contribution is 0.106. The third-order valence-electron chi connectivity index (χ3n) is 2.19. The van der Waals surface area contributed by atoms with Gasteiger partial charge in [-0.25, -0.2) is 0 Å². The molecule has 0 unspecified atom stereocenters. The second-order valence-corrected chi connectivity index (χ2v) is 3.38. The first-order valence-corrected chi connectivity index (χ1v) is 5.52. The van der Waals surface area contributed by atoms with Crippen LogP contribution in [-0.4, -0.2) is 46.9 Å². The number of methoxy groups -OCH3 is 1. The van der Waals surface area contributed by atoms with Gasteiger partial charge in [-0.15, -0.1) is 0 Å². The van der Waals surface area contributed by atoms with Crippen molar-refractivity contribution >= 4 is 17.0 Å². The summed E-state index contributed by atoms with van der Waals surface area (Å²) in [5, 5.41) is 0. The molecule has 0 aliphatic rings. The smallest absolute Gasteiger partial charge is 0.320 e. The second-order valence-electron chi connectivity index (χ2n) is 3.38. The number of aromatic amines is 1. The Morgan fingerprint density at radius 1 is 1.22 bits per heavy atom. The van der Waals surface area contributed by atoms with Gasteiger partial charge in [0.15, 0.2) is 17.0 Å². The molecular formula is C10H15N5O3. The van der Waals surface area contributed by atoms with Gasteiger partial charge < -0.3 is 19.9 Å². The predicted octanol–water partition coefficient (Wildman–Crippen LogP) is 0.359. The van der Waals surface area contributed by atoms with Crippen LogP contribution in [0.4, 0.5) is 5.82 Å². The largest absolute Gasteiger partial charge is 0.468 e. The molecule has 0 saturated heterocycles. The maximum Gasteiger partial charge on any atom is 0.320 e. The Hall–Kier alpha value is -2.09. The number of ether oxygens (including phenoxy) is 3. The average Bonchev–Trinajstić information content (AvgIpc) is 2.78. The van der Waals surface area contributed by atoms with Gasteiger partial charge in [0.1, 0.15) is 6.61 Å². The molecule has 2 rings (SSSR count). The monoisotopic (exact) mass is 253 g/mol. The summed E-state index contributed by atoms with van der Waals surface area (Å²) in [5.41, 5.74) is 6.69. The zero-order valence-electron chi connectivity index (χ0n) is 10.3. The van der Waals surface area contributed by atoms with E-state index in [9.17, 15) is 0 Å². The fraction of sp³-hybridized carbons (Fsp3) is 0.500. The van der Waals surface area contributed by atoms with Gasteiger partial charge in [-0.2, -0.15) is 15.0 Å². The highest BCUT2D eigenvalue weighted by Gasteiger charge is 2.11. The lowest BCUT2D eigenvalue weighted by Gasteiger charge is -2.04. The third kappa shape index (κ3) is 2.59. The summed E-state index contributed by atoms with van der Waals surface area (Å²) < 4.78 is 15.4. The number of nitrogens with zero attached hydrogens (tertiary/aromatic N) is 3. The average molecular weight is 253 g/mol. The van der Waals surface area contributed by atoms with Crippen molar-refractivity contribution in [2.24, 2.45) is 0 Å². The molecule has 8 heteroatoms. The number of rotatable bonds is 6. The summed E-state index contributed by atoms with van der Waals surface area (Å²) in [6.45, 7) is 3.40. The number of hydrogen-bond donors (Lipinski definition) is 2. The molecule has 0 bridgehead atoms. The van der Waals surface area contributed by atoms with Crippen molar-refractivity contribution in [3.05, 3.63) is 0 Å². The van der Waals surface area contributed by atoms with E-state index in [2.05, 4.69) is 19.9 Å². The van der Waals surface area contributed by atoms with Gasteiger partial charge in [-0.05, 0) is 6.92 Å². The number of anilines is 1. The fourth-order valence-corrected chi connectivity index (χ4v) is 1.38. The summed E-state index contributed by atoms with van der Waals surface area (Å²) in [6.07, 6.45) is 0. The maximum absolute atomic E-state index is 5.76. The SMILES string of the molecule is CCOCCOc1nc(N)c2nc(OC)[nH]c2n1. The molecule has 0 aromatic carbocycles. The Balaban J connectivity index is 2.14. The molecular weight excluding hydrogens is 238 g/mol. The van der Waals surface area contributed by atoms with Crippen LogP contribution in [0.3, 0.4) is 0 Å². The van der Waals surface area contributed by atoms with Crippen LogP contribution in [0.15, 0.2) is 0 Å². The van der Waals surface area contributed by atoms with Crippen molar-refractivity contribution in [3.8, 4) is 12.0 Å². The lowest BCUT2D eigenvalue weighted by Crippen LogP contribution is -2.09. The first-order valence-electron chi connectivity index (χ1n) is 5.52. The number of nitrogens with two attached hydrogens (primary N) is 1. The van der Waals surface area contributed by atoms with Crippen molar-refractivity contribution in [2.75, 3.05) is 32.7 Å². The van der Waals surface area contributed by atoms with E-state index in [0.717, 1.165) is 0 Å². The molecule has 0 spiro atoms. The summed E-state index contributed by atoms with van der Waals surface area (Å²) in [6, 6.07) is 0.517. The van der Waals surface area contributed by atoms with E-state index in [1.807, 2.05) is 6.92 Å². The first kappa shape index (κ1) is 12.4. The molecule has 0 radical (unpaired) electrons. The quantitative estimate of drug-likeness (QED) is 0.715. The van der Waals surface area contributed by atoms with Crippen LogP contribution in [0.5, 0.6) is 12.0 Å². The van der Waals surface area contributed by atoms with Crippen LogP contribution in [0.1, 0.15) is 6.92 Å². The molecule has 3 N–H and O–H groups in total. The van der Waals surface area contributed by atoms with E-state index in [1.165, 1.54) is 7.11 Å². The minimum Gasteiger partial charge on any atom is -0.468 e. The molecule has 0 aliphatic heterocycles. The zero-order valence-corrected chi connectivity index (χ0v) is 10.3. The predicted molar refractivity (Wildman–Crippen MR) is 64.6 cm³/mol. The van der Waals surface area contributed by atoms with Gasteiger partial charge in [-0.3, -0.25) is 4.98 Å². The molecule has 0 atom stereocenters. The van der Waals surface area contributed by atoms with Gasteiger partial charge in [0.05, 0.1) is 13.7 Å². The molecule has 0 aliphatic carbocycles. The van der Waals surface area contributed by atoms with Crippen molar-refractivity contribution in [1.82, 2.24) is 19.9 Å². The standard InChI is InChI=1S/C10H15N5O3/c1-3-17-4-5-18-10-13-7(11)6-8(15-10)14-9(12-6)16-2/h3-5H2,1-2H3,(H3,11,12,13,14,15). The van der Waals surface area contributed by atoms with Crippen molar-refractivity contribution < 1.29 is 14.2 Å². The number of imidazole rings is 1. The van der Waals surface area contributed by atoms with E-state index >= 15 is 0 Å². The number of aromatic nitrogens is 4. The number of H-pyrrole nitrogens is 1. The fourth-order valence-electron chi connectivity index (χ4n) is 1.38. The second kappa shape index (κ2) is 5.50. The maximum atomic E-state index is 5.76. The number of fused-ring (bicyclic) bond motifs is 1. The Morgan fingerprint density at radius 2 is 2.06 bits per heavy atom. The molecule has 2 aromatic heterocycles. The van der Waals surface area contributed by atoms with Gasteiger partial charge in [0.25, 0.3) is 6.01 Å². The molecule has 0 amide bonds. The van der Waals surface area contributed by atoms with Crippen molar-refractivity contribution in [2.45, 2.75) is 6.92 Å². The van der Waals surface area contributed by atoms with Crippen LogP contribution >= 0.6 is 0 Å². The van der Waals surface area contributed by atoms with Crippen molar-refractivity contribution in [1.29, 1.82) is 0 Å². The Morgan fingerprint density at radius 3 is 2.78 bits per heavy atom. The summed E-state index contributed by atoms with van der Waals surface area (Å²) in [7, 11) is 1.50. The van der Waals surface area contributed by atoms with Crippen LogP contribution in [0, 0.1) is 0 Å². The molecule has 2 heterocycles. The summed E-state index contributed by atoms with van der Waals surface area (Å²) in [5.74, 6) is 0.242. The molecule has 0 fully saturated rings. The summed E-state index contributed by atoms with van der Waals surface area (Å²) in [4.78, 5) is 15.1. The third-order valence-corrected chi connectivity index (χ3v) is 2.19. The van der Waals surface area contributed by atoms with E-state index in [-0.39, 0.29) is 11.8 Å². The topological polar surface area (TPSA) is 108 Å². The number of hydrogen-bond acceptors (Lipinski definition) is 7. The van der Waals surface area contributed by atoms with Gasteiger partial charge >= 0.3 is 6.01 Å². The Bertz CT molecular complexity index is 527. The minimum atomic E-state index is 0.186. The first-order chi connectivity index (χ1) is 8.74.